The molecule has 2 aliphatic rings. The summed E-state index contributed by atoms with van der Waals surface area (Å²) in [6.45, 7) is 4.64. The highest BCUT2D eigenvalue weighted by Gasteiger charge is 2.27. The molecule has 0 atom stereocenters. The second kappa shape index (κ2) is 7.57. The van der Waals surface area contributed by atoms with Crippen LogP contribution in [0.4, 0.5) is 8.78 Å². The Balaban J connectivity index is 1.64. The molecule has 0 aromatic carbocycles. The van der Waals surface area contributed by atoms with Crippen LogP contribution in [0.2, 0.25) is 0 Å². The zero-order valence-electron chi connectivity index (χ0n) is 14.0. The van der Waals surface area contributed by atoms with Crippen LogP contribution < -0.4 is 0 Å². The van der Waals surface area contributed by atoms with Gasteiger partial charge in [0.15, 0.2) is 0 Å². The van der Waals surface area contributed by atoms with Crippen LogP contribution in [0.5, 0.6) is 0 Å². The fourth-order valence-electron chi connectivity index (χ4n) is 3.51. The van der Waals surface area contributed by atoms with Gasteiger partial charge in [-0.1, -0.05) is 0 Å². The molecular weight excluding hydrogens is 318 g/mol. The van der Waals surface area contributed by atoms with Crippen LogP contribution >= 0.6 is 0 Å². The molecule has 0 bridgehead atoms. The summed E-state index contributed by atoms with van der Waals surface area (Å²) in [7, 11) is 1.53. The van der Waals surface area contributed by atoms with Gasteiger partial charge in [-0.2, -0.15) is 5.10 Å². The van der Waals surface area contributed by atoms with E-state index in [0.717, 1.165) is 45.6 Å². The minimum Gasteiger partial charge on any atom is -0.381 e. The number of hydrogen-bond donors (Lipinski definition) is 0. The number of alkyl halides is 2. The SMILES string of the molecule is Cn1nc(C(F)F)cc1C(=O)N1CCCN(C2CCOCC2)CC1. The first-order valence-corrected chi connectivity index (χ1v) is 8.49. The van der Waals surface area contributed by atoms with E-state index in [0.29, 0.717) is 19.1 Å². The third kappa shape index (κ3) is 3.75. The van der Waals surface area contributed by atoms with Gasteiger partial charge in [0.05, 0.1) is 0 Å². The second-order valence-corrected chi connectivity index (χ2v) is 6.40. The van der Waals surface area contributed by atoms with Gasteiger partial charge in [0.25, 0.3) is 12.3 Å². The molecule has 2 aliphatic heterocycles. The molecule has 0 spiro atoms. The number of amides is 1. The molecular formula is C16H24F2N4O2. The van der Waals surface area contributed by atoms with Gasteiger partial charge in [0, 0.05) is 52.5 Å². The third-order valence-electron chi connectivity index (χ3n) is 4.87. The first-order chi connectivity index (χ1) is 11.6. The van der Waals surface area contributed by atoms with E-state index >= 15 is 0 Å². The molecule has 3 rings (SSSR count). The third-order valence-corrected chi connectivity index (χ3v) is 4.87. The van der Waals surface area contributed by atoms with Crippen molar-refractivity contribution in [2.24, 2.45) is 7.05 Å². The number of hydrogen-bond acceptors (Lipinski definition) is 4. The molecule has 1 amide bonds. The monoisotopic (exact) mass is 342 g/mol. The Bertz CT molecular complexity index is 572. The maximum absolute atomic E-state index is 12.8. The van der Waals surface area contributed by atoms with Crippen molar-refractivity contribution >= 4 is 5.91 Å². The summed E-state index contributed by atoms with van der Waals surface area (Å²) in [5, 5.41) is 3.73. The molecule has 6 nitrogen and oxygen atoms in total. The molecule has 1 aromatic rings. The first kappa shape index (κ1) is 17.3. The summed E-state index contributed by atoms with van der Waals surface area (Å²) in [4.78, 5) is 16.9. The highest BCUT2D eigenvalue weighted by molar-refractivity contribution is 5.92. The quantitative estimate of drug-likeness (QED) is 0.839. The summed E-state index contributed by atoms with van der Waals surface area (Å²) < 4.78 is 32.2. The maximum atomic E-state index is 12.8. The molecule has 134 valence electrons. The van der Waals surface area contributed by atoms with Crippen molar-refractivity contribution in [2.45, 2.75) is 31.7 Å². The summed E-state index contributed by atoms with van der Waals surface area (Å²) in [6.07, 6.45) is 0.301. The topological polar surface area (TPSA) is 50.6 Å². The number of nitrogens with zero attached hydrogens (tertiary/aromatic N) is 4. The van der Waals surface area contributed by atoms with E-state index in [2.05, 4.69) is 10.00 Å². The van der Waals surface area contributed by atoms with E-state index in [1.54, 1.807) is 4.90 Å². The Morgan fingerprint density at radius 1 is 1.25 bits per heavy atom. The number of rotatable bonds is 3. The number of carbonyl (C=O) groups is 1. The average Bonchev–Trinajstić information content (AvgIpc) is 2.82. The minimum atomic E-state index is -2.66. The Kier molecular flexibility index (Phi) is 5.45. The van der Waals surface area contributed by atoms with E-state index in [9.17, 15) is 13.6 Å². The fourth-order valence-corrected chi connectivity index (χ4v) is 3.51. The Hall–Kier alpha value is -1.54. The van der Waals surface area contributed by atoms with E-state index in [1.807, 2.05) is 0 Å². The summed E-state index contributed by atoms with van der Waals surface area (Å²) in [5.41, 5.74) is -0.121. The Morgan fingerprint density at radius 2 is 2.00 bits per heavy atom. The van der Waals surface area contributed by atoms with Gasteiger partial charge in [-0.15, -0.1) is 0 Å². The lowest BCUT2D eigenvalue weighted by molar-refractivity contribution is 0.0351. The summed E-state index contributed by atoms with van der Waals surface area (Å²) in [5.74, 6) is -0.217. The van der Waals surface area contributed by atoms with Gasteiger partial charge < -0.3 is 9.64 Å². The molecule has 24 heavy (non-hydrogen) atoms. The Labute approximate surface area is 140 Å². The molecule has 0 radical (unpaired) electrons. The molecule has 0 saturated carbocycles. The van der Waals surface area contributed by atoms with E-state index < -0.39 is 6.43 Å². The molecule has 2 saturated heterocycles. The van der Waals surface area contributed by atoms with Gasteiger partial charge in [0.1, 0.15) is 11.4 Å². The standard InChI is InChI=1S/C16H24F2N4O2/c1-20-14(11-13(19-20)15(17)18)16(23)22-6-2-5-21(7-8-22)12-3-9-24-10-4-12/h11-12,15H,2-10H2,1H3. The minimum absolute atomic E-state index is 0.217. The van der Waals surface area contributed by atoms with Crippen LogP contribution in [0.25, 0.3) is 0 Å². The van der Waals surface area contributed by atoms with Gasteiger partial charge in [0.2, 0.25) is 0 Å². The molecule has 1 aromatic heterocycles. The molecule has 0 unspecified atom stereocenters. The van der Waals surface area contributed by atoms with Crippen LogP contribution in [0.15, 0.2) is 6.07 Å². The van der Waals surface area contributed by atoms with E-state index in [4.69, 9.17) is 4.74 Å². The van der Waals surface area contributed by atoms with Crippen molar-refractivity contribution in [3.05, 3.63) is 17.5 Å². The molecule has 8 heteroatoms. The zero-order valence-corrected chi connectivity index (χ0v) is 14.0. The van der Waals surface area contributed by atoms with Gasteiger partial charge in [-0.25, -0.2) is 8.78 Å². The van der Waals surface area contributed by atoms with Gasteiger partial charge in [-0.05, 0) is 25.3 Å². The van der Waals surface area contributed by atoms with Crippen molar-refractivity contribution in [3.8, 4) is 0 Å². The number of aryl methyl sites for hydroxylation is 1. The number of ether oxygens (including phenoxy) is 1. The smallest absolute Gasteiger partial charge is 0.282 e. The van der Waals surface area contributed by atoms with Crippen molar-refractivity contribution in [1.82, 2.24) is 19.6 Å². The number of carbonyl (C=O) groups excluding carboxylic acids is 1. The van der Waals surface area contributed by atoms with Crippen molar-refractivity contribution in [2.75, 3.05) is 39.4 Å². The average molecular weight is 342 g/mol. The molecule has 2 fully saturated rings. The van der Waals surface area contributed by atoms with Crippen LogP contribution in [0.1, 0.15) is 41.9 Å². The Morgan fingerprint density at radius 3 is 2.67 bits per heavy atom. The predicted molar refractivity (Wildman–Crippen MR) is 84.1 cm³/mol. The lowest BCUT2D eigenvalue weighted by Crippen LogP contribution is -2.42. The fraction of sp³-hybridized carbons (Fsp3) is 0.750. The van der Waals surface area contributed by atoms with Crippen LogP contribution in [-0.4, -0.2) is 70.9 Å². The van der Waals surface area contributed by atoms with Gasteiger partial charge in [-0.3, -0.25) is 14.4 Å². The largest absolute Gasteiger partial charge is 0.381 e. The van der Waals surface area contributed by atoms with Crippen molar-refractivity contribution in [3.63, 3.8) is 0 Å². The predicted octanol–water partition coefficient (Wildman–Crippen LogP) is 1.68. The first-order valence-electron chi connectivity index (χ1n) is 8.49. The highest BCUT2D eigenvalue weighted by Crippen LogP contribution is 2.20. The molecule has 0 N–H and O–H groups in total. The van der Waals surface area contributed by atoms with Crippen molar-refractivity contribution < 1.29 is 18.3 Å². The summed E-state index contributed by atoms with van der Waals surface area (Å²) in [6, 6.07) is 1.73. The van der Waals surface area contributed by atoms with Crippen LogP contribution in [0, 0.1) is 0 Å². The summed E-state index contributed by atoms with van der Waals surface area (Å²) >= 11 is 0. The molecule has 0 aliphatic carbocycles. The van der Waals surface area contributed by atoms with E-state index in [1.165, 1.54) is 17.8 Å². The normalized spacial score (nSPS) is 21.2. The molecule has 3 heterocycles. The maximum Gasteiger partial charge on any atom is 0.282 e. The zero-order chi connectivity index (χ0) is 17.1. The van der Waals surface area contributed by atoms with E-state index in [-0.39, 0.29) is 17.3 Å². The number of halogens is 2. The second-order valence-electron chi connectivity index (χ2n) is 6.40. The van der Waals surface area contributed by atoms with Crippen LogP contribution in [-0.2, 0) is 11.8 Å². The van der Waals surface area contributed by atoms with Crippen LogP contribution in [0.3, 0.4) is 0 Å². The number of aromatic nitrogens is 2. The highest BCUT2D eigenvalue weighted by atomic mass is 19.3. The van der Waals surface area contributed by atoms with Crippen molar-refractivity contribution in [1.29, 1.82) is 0 Å². The lowest BCUT2D eigenvalue weighted by Gasteiger charge is -2.33. The van der Waals surface area contributed by atoms with Gasteiger partial charge >= 0.3 is 0 Å². The lowest BCUT2D eigenvalue weighted by atomic mass is 10.1.